The lowest BCUT2D eigenvalue weighted by Gasteiger charge is -2.13. The molecule has 7 heteroatoms. The molecule has 2 N–H and O–H groups in total. The predicted molar refractivity (Wildman–Crippen MR) is 93.8 cm³/mol. The predicted octanol–water partition coefficient (Wildman–Crippen LogP) is 4.10. The molecule has 23 heavy (non-hydrogen) atoms. The van der Waals surface area contributed by atoms with Gasteiger partial charge in [0.2, 0.25) is 5.91 Å². The highest BCUT2D eigenvalue weighted by atomic mass is 35.5. The van der Waals surface area contributed by atoms with Gasteiger partial charge in [0.05, 0.1) is 17.9 Å². The number of para-hydroxylation sites is 2. The Labute approximate surface area is 143 Å². The molecule has 1 aromatic carbocycles. The molecule has 1 aromatic heterocycles. The maximum atomic E-state index is 12.2. The van der Waals surface area contributed by atoms with Crippen LogP contribution in [0.5, 0.6) is 0 Å². The molecule has 1 amide bonds. The van der Waals surface area contributed by atoms with Crippen LogP contribution in [0.15, 0.2) is 36.4 Å². The van der Waals surface area contributed by atoms with Crippen molar-refractivity contribution in [3.63, 3.8) is 0 Å². The Balaban J connectivity index is 1.61. The van der Waals surface area contributed by atoms with Gasteiger partial charge in [-0.15, -0.1) is 5.10 Å². The summed E-state index contributed by atoms with van der Waals surface area (Å²) in [6.07, 6.45) is 6.91. The quantitative estimate of drug-likeness (QED) is 0.771. The third kappa shape index (κ3) is 4.30. The Morgan fingerprint density at radius 1 is 1.35 bits per heavy atom. The van der Waals surface area contributed by atoms with Crippen LogP contribution < -0.4 is 10.6 Å². The van der Waals surface area contributed by atoms with Crippen LogP contribution in [-0.4, -0.2) is 15.5 Å². The van der Waals surface area contributed by atoms with Gasteiger partial charge < -0.3 is 10.6 Å². The Morgan fingerprint density at radius 2 is 2.17 bits per heavy atom. The summed E-state index contributed by atoms with van der Waals surface area (Å²) >= 11 is 7.16. The maximum Gasteiger partial charge on any atom is 0.225 e. The first kappa shape index (κ1) is 16.0. The number of halogens is 1. The van der Waals surface area contributed by atoms with Crippen molar-refractivity contribution in [3.05, 3.63) is 46.4 Å². The molecule has 0 saturated heterocycles. The van der Waals surface area contributed by atoms with E-state index in [9.17, 15) is 4.79 Å². The number of nitrogens with one attached hydrogen (secondary N) is 2. The zero-order chi connectivity index (χ0) is 16.1. The first-order valence-electron chi connectivity index (χ1n) is 7.48. The minimum Gasteiger partial charge on any atom is -0.378 e. The lowest BCUT2D eigenvalue weighted by molar-refractivity contribution is -0.116. The Bertz CT molecular complexity index is 716. The molecule has 0 radical (unpaired) electrons. The standard InChI is InChI=1S/C16H17ClN4OS/c17-16-14(20-21-23-16)10-18-12-7-3-4-8-13(12)19-15(22)9-11-5-1-2-6-11/h1,3-5,7-8,11,18H,2,6,9-10H2,(H,19,22)/t11-/m0/s1. The fourth-order valence-corrected chi connectivity index (χ4v) is 3.16. The van der Waals surface area contributed by atoms with E-state index in [1.165, 1.54) is 0 Å². The van der Waals surface area contributed by atoms with Crippen LogP contribution in [0.1, 0.15) is 25.0 Å². The summed E-state index contributed by atoms with van der Waals surface area (Å²) in [6, 6.07) is 7.61. The van der Waals surface area contributed by atoms with Gasteiger partial charge in [0.1, 0.15) is 10.0 Å². The van der Waals surface area contributed by atoms with Gasteiger partial charge in [0.15, 0.2) is 0 Å². The molecule has 0 spiro atoms. The number of rotatable bonds is 6. The average molecular weight is 349 g/mol. The third-order valence-electron chi connectivity index (χ3n) is 3.72. The molecule has 0 fully saturated rings. The highest BCUT2D eigenvalue weighted by Crippen LogP contribution is 2.25. The van der Waals surface area contributed by atoms with Crippen LogP contribution in [0, 0.1) is 5.92 Å². The van der Waals surface area contributed by atoms with E-state index in [-0.39, 0.29) is 5.91 Å². The van der Waals surface area contributed by atoms with E-state index in [4.69, 9.17) is 11.6 Å². The average Bonchev–Trinajstić information content (AvgIpc) is 3.18. The van der Waals surface area contributed by atoms with Crippen molar-refractivity contribution in [1.82, 2.24) is 9.59 Å². The van der Waals surface area contributed by atoms with Crippen molar-refractivity contribution in [3.8, 4) is 0 Å². The number of aromatic nitrogens is 2. The van der Waals surface area contributed by atoms with E-state index in [0.29, 0.717) is 28.9 Å². The Kier molecular flexibility index (Phi) is 5.25. The van der Waals surface area contributed by atoms with E-state index in [1.54, 1.807) is 0 Å². The van der Waals surface area contributed by atoms with Crippen LogP contribution in [-0.2, 0) is 11.3 Å². The molecule has 2 aromatic rings. The van der Waals surface area contributed by atoms with Gasteiger partial charge in [-0.2, -0.15) is 0 Å². The van der Waals surface area contributed by atoms with E-state index in [0.717, 1.165) is 35.7 Å². The minimum absolute atomic E-state index is 0.0316. The molecule has 5 nitrogen and oxygen atoms in total. The third-order valence-corrected chi connectivity index (χ3v) is 4.70. The molecule has 1 aliphatic rings. The second-order valence-electron chi connectivity index (χ2n) is 5.41. The number of carbonyl (C=O) groups is 1. The number of carbonyl (C=O) groups excluding carboxylic acids is 1. The van der Waals surface area contributed by atoms with E-state index in [1.807, 2.05) is 24.3 Å². The second kappa shape index (κ2) is 7.57. The first-order valence-corrected chi connectivity index (χ1v) is 8.63. The Hall–Kier alpha value is -1.92. The molecule has 120 valence electrons. The summed E-state index contributed by atoms with van der Waals surface area (Å²) in [6.45, 7) is 0.466. The zero-order valence-corrected chi connectivity index (χ0v) is 14.0. The summed E-state index contributed by atoms with van der Waals surface area (Å²) in [4.78, 5) is 12.2. The van der Waals surface area contributed by atoms with E-state index >= 15 is 0 Å². The van der Waals surface area contributed by atoms with Gasteiger partial charge in [-0.25, -0.2) is 0 Å². The number of hydrogen-bond acceptors (Lipinski definition) is 5. The van der Waals surface area contributed by atoms with Crippen LogP contribution in [0.3, 0.4) is 0 Å². The SMILES string of the molecule is O=C(C[C@H]1C=CCC1)Nc1ccccc1NCc1nnsc1Cl. The molecule has 3 rings (SSSR count). The summed E-state index contributed by atoms with van der Waals surface area (Å²) < 4.78 is 4.38. The number of hydrogen-bond donors (Lipinski definition) is 2. The van der Waals surface area contributed by atoms with Gasteiger partial charge in [-0.1, -0.05) is 40.4 Å². The Morgan fingerprint density at radius 3 is 2.87 bits per heavy atom. The van der Waals surface area contributed by atoms with Crippen LogP contribution in [0.4, 0.5) is 11.4 Å². The number of anilines is 2. The summed E-state index contributed by atoms with van der Waals surface area (Å²) in [5.41, 5.74) is 2.31. The summed E-state index contributed by atoms with van der Waals surface area (Å²) in [5.74, 6) is 0.388. The molecule has 1 aliphatic carbocycles. The fraction of sp³-hybridized carbons (Fsp3) is 0.312. The molecule has 0 aliphatic heterocycles. The van der Waals surface area contributed by atoms with Gasteiger partial charge in [-0.3, -0.25) is 4.79 Å². The van der Waals surface area contributed by atoms with Crippen LogP contribution in [0.25, 0.3) is 0 Å². The smallest absolute Gasteiger partial charge is 0.225 e. The second-order valence-corrected chi connectivity index (χ2v) is 6.77. The molecule has 1 heterocycles. The lowest BCUT2D eigenvalue weighted by Crippen LogP contribution is -2.16. The molecule has 0 unspecified atom stereocenters. The first-order chi connectivity index (χ1) is 11.2. The minimum atomic E-state index is 0.0316. The lowest BCUT2D eigenvalue weighted by atomic mass is 10.0. The largest absolute Gasteiger partial charge is 0.378 e. The molecule has 0 saturated carbocycles. The summed E-state index contributed by atoms with van der Waals surface area (Å²) in [5, 5.41) is 10.2. The van der Waals surface area contributed by atoms with Crippen molar-refractivity contribution in [2.75, 3.05) is 10.6 Å². The van der Waals surface area contributed by atoms with E-state index in [2.05, 4.69) is 32.4 Å². The van der Waals surface area contributed by atoms with Gasteiger partial charge in [0, 0.05) is 18.0 Å². The van der Waals surface area contributed by atoms with Crippen molar-refractivity contribution in [2.24, 2.45) is 5.92 Å². The van der Waals surface area contributed by atoms with Crippen molar-refractivity contribution < 1.29 is 4.79 Å². The highest BCUT2D eigenvalue weighted by Gasteiger charge is 2.15. The highest BCUT2D eigenvalue weighted by molar-refractivity contribution is 7.10. The van der Waals surface area contributed by atoms with Crippen molar-refractivity contribution in [2.45, 2.75) is 25.8 Å². The molecule has 1 atom stereocenters. The van der Waals surface area contributed by atoms with Gasteiger partial charge in [0.25, 0.3) is 0 Å². The number of benzene rings is 1. The number of allylic oxidation sites excluding steroid dienone is 2. The van der Waals surface area contributed by atoms with Crippen molar-refractivity contribution in [1.29, 1.82) is 0 Å². The van der Waals surface area contributed by atoms with E-state index < -0.39 is 0 Å². The fourth-order valence-electron chi connectivity index (χ4n) is 2.53. The number of nitrogens with zero attached hydrogens (tertiary/aromatic N) is 2. The molecular formula is C16H17ClN4OS. The monoisotopic (exact) mass is 348 g/mol. The normalized spacial score (nSPS) is 16.5. The molecular weight excluding hydrogens is 332 g/mol. The summed E-state index contributed by atoms with van der Waals surface area (Å²) in [7, 11) is 0. The topological polar surface area (TPSA) is 66.9 Å². The zero-order valence-electron chi connectivity index (χ0n) is 12.5. The maximum absolute atomic E-state index is 12.2. The molecule has 0 bridgehead atoms. The van der Waals surface area contributed by atoms with Gasteiger partial charge in [-0.05, 0) is 30.9 Å². The van der Waals surface area contributed by atoms with Crippen LogP contribution >= 0.6 is 23.1 Å². The van der Waals surface area contributed by atoms with Gasteiger partial charge >= 0.3 is 0 Å². The van der Waals surface area contributed by atoms with Crippen molar-refractivity contribution >= 4 is 40.4 Å². The number of amides is 1. The van der Waals surface area contributed by atoms with Crippen LogP contribution in [0.2, 0.25) is 4.34 Å².